The van der Waals surface area contributed by atoms with E-state index in [1.165, 1.54) is 0 Å². The summed E-state index contributed by atoms with van der Waals surface area (Å²) in [6.07, 6.45) is 0.433. The monoisotopic (exact) mass is 312 g/mol. The second-order valence-electron chi connectivity index (χ2n) is 4.40. The van der Waals surface area contributed by atoms with Gasteiger partial charge in [-0.1, -0.05) is 26.0 Å². The van der Waals surface area contributed by atoms with E-state index in [-0.39, 0.29) is 24.3 Å². The summed E-state index contributed by atoms with van der Waals surface area (Å²) < 4.78 is 0.812. The van der Waals surface area contributed by atoms with Crippen molar-refractivity contribution in [2.24, 2.45) is 5.92 Å². The second-order valence-corrected chi connectivity index (χ2v) is 5.26. The molecule has 0 spiro atoms. The van der Waals surface area contributed by atoms with Gasteiger partial charge in [-0.15, -0.1) is 0 Å². The van der Waals surface area contributed by atoms with E-state index >= 15 is 0 Å². The van der Waals surface area contributed by atoms with Gasteiger partial charge in [-0.25, -0.2) is 0 Å². The molecule has 2 amide bonds. The minimum atomic E-state index is -0.237. The van der Waals surface area contributed by atoms with E-state index in [9.17, 15) is 9.59 Å². The van der Waals surface area contributed by atoms with Crippen LogP contribution in [-0.4, -0.2) is 18.4 Å². The van der Waals surface area contributed by atoms with Crippen molar-refractivity contribution < 1.29 is 9.59 Å². The van der Waals surface area contributed by atoms with Crippen molar-refractivity contribution in [3.05, 3.63) is 28.7 Å². The quantitative estimate of drug-likeness (QED) is 0.878. The maximum atomic E-state index is 11.6. The van der Waals surface area contributed by atoms with E-state index in [1.54, 1.807) is 6.07 Å². The van der Waals surface area contributed by atoms with Crippen LogP contribution >= 0.6 is 15.9 Å². The Labute approximate surface area is 115 Å². The molecule has 4 nitrogen and oxygen atoms in total. The van der Waals surface area contributed by atoms with Crippen LogP contribution in [0.25, 0.3) is 0 Å². The van der Waals surface area contributed by atoms with Crippen molar-refractivity contribution in [2.45, 2.75) is 20.3 Å². The predicted molar refractivity (Wildman–Crippen MR) is 75.2 cm³/mol. The summed E-state index contributed by atoms with van der Waals surface area (Å²) in [4.78, 5) is 23.0. The van der Waals surface area contributed by atoms with Crippen LogP contribution in [0, 0.1) is 5.92 Å². The molecule has 98 valence electrons. The Bertz CT molecular complexity index is 433. The van der Waals surface area contributed by atoms with Crippen LogP contribution in [-0.2, 0) is 9.59 Å². The molecule has 1 aromatic carbocycles. The molecule has 0 aromatic heterocycles. The summed E-state index contributed by atoms with van der Waals surface area (Å²) in [5.41, 5.74) is 0.695. The van der Waals surface area contributed by atoms with Gasteiger partial charge in [0, 0.05) is 10.9 Å². The topological polar surface area (TPSA) is 58.2 Å². The van der Waals surface area contributed by atoms with Gasteiger partial charge in [-0.3, -0.25) is 9.59 Å². The van der Waals surface area contributed by atoms with Gasteiger partial charge in [0.05, 0.1) is 12.2 Å². The number of anilines is 1. The molecule has 0 aliphatic heterocycles. The Morgan fingerprint density at radius 3 is 2.50 bits per heavy atom. The maximum Gasteiger partial charge on any atom is 0.243 e. The number of carbonyl (C=O) groups is 2. The highest BCUT2D eigenvalue weighted by Crippen LogP contribution is 2.20. The molecule has 18 heavy (non-hydrogen) atoms. The third kappa shape index (κ3) is 5.31. The lowest BCUT2D eigenvalue weighted by Crippen LogP contribution is -2.33. The molecule has 0 bridgehead atoms. The number of amides is 2. The largest absolute Gasteiger partial charge is 0.347 e. The first-order chi connectivity index (χ1) is 8.49. The molecule has 0 unspecified atom stereocenters. The predicted octanol–water partition coefficient (Wildman–Crippen LogP) is 2.55. The van der Waals surface area contributed by atoms with Crippen molar-refractivity contribution in [2.75, 3.05) is 11.9 Å². The maximum absolute atomic E-state index is 11.6. The lowest BCUT2D eigenvalue weighted by Gasteiger charge is -2.09. The van der Waals surface area contributed by atoms with E-state index in [0.717, 1.165) is 4.47 Å². The number of para-hydroxylation sites is 1. The van der Waals surface area contributed by atoms with Crippen LogP contribution < -0.4 is 10.6 Å². The van der Waals surface area contributed by atoms with Gasteiger partial charge in [-0.2, -0.15) is 0 Å². The zero-order chi connectivity index (χ0) is 13.5. The number of carbonyl (C=O) groups excluding carboxylic acids is 2. The third-order valence-corrected chi connectivity index (χ3v) is 2.88. The van der Waals surface area contributed by atoms with Gasteiger partial charge in [0.2, 0.25) is 11.8 Å². The van der Waals surface area contributed by atoms with Crippen LogP contribution in [0.2, 0.25) is 0 Å². The van der Waals surface area contributed by atoms with Crippen molar-refractivity contribution in [3.63, 3.8) is 0 Å². The minimum absolute atomic E-state index is 0.00706. The summed E-state index contributed by atoms with van der Waals surface area (Å²) in [6, 6.07) is 7.33. The van der Waals surface area contributed by atoms with Crippen LogP contribution in [0.1, 0.15) is 20.3 Å². The summed E-state index contributed by atoms with van der Waals surface area (Å²) in [7, 11) is 0. The van der Waals surface area contributed by atoms with E-state index in [4.69, 9.17) is 0 Å². The van der Waals surface area contributed by atoms with E-state index in [2.05, 4.69) is 26.6 Å². The standard InChI is InChI=1S/C13H17BrN2O2/c1-9(2)7-12(17)15-8-13(18)16-11-6-4-3-5-10(11)14/h3-6,9H,7-8H2,1-2H3,(H,15,17)(H,16,18). The van der Waals surface area contributed by atoms with Gasteiger partial charge in [0.25, 0.3) is 0 Å². The SMILES string of the molecule is CC(C)CC(=O)NCC(=O)Nc1ccccc1Br. The average molecular weight is 313 g/mol. The molecule has 0 radical (unpaired) electrons. The summed E-state index contributed by atoms with van der Waals surface area (Å²) in [5, 5.41) is 5.31. The van der Waals surface area contributed by atoms with Crippen LogP contribution in [0.3, 0.4) is 0 Å². The van der Waals surface area contributed by atoms with Crippen molar-refractivity contribution in [1.82, 2.24) is 5.32 Å². The number of hydrogen-bond acceptors (Lipinski definition) is 2. The summed E-state index contributed by atoms with van der Waals surface area (Å²) >= 11 is 3.34. The van der Waals surface area contributed by atoms with Gasteiger partial charge >= 0.3 is 0 Å². The van der Waals surface area contributed by atoms with Crippen molar-refractivity contribution in [3.8, 4) is 0 Å². The highest BCUT2D eigenvalue weighted by Gasteiger charge is 2.08. The van der Waals surface area contributed by atoms with Crippen LogP contribution in [0.15, 0.2) is 28.7 Å². The zero-order valence-electron chi connectivity index (χ0n) is 10.5. The second kappa shape index (κ2) is 7.16. The average Bonchev–Trinajstić information content (AvgIpc) is 2.29. The normalized spacial score (nSPS) is 10.2. The first kappa shape index (κ1) is 14.7. The van der Waals surface area contributed by atoms with E-state index in [0.29, 0.717) is 12.1 Å². The summed E-state index contributed by atoms with van der Waals surface area (Å²) in [5.74, 6) is -0.0531. The van der Waals surface area contributed by atoms with E-state index < -0.39 is 0 Å². The Balaban J connectivity index is 2.39. The highest BCUT2D eigenvalue weighted by molar-refractivity contribution is 9.10. The number of hydrogen-bond donors (Lipinski definition) is 2. The molecule has 0 aliphatic carbocycles. The number of nitrogens with one attached hydrogen (secondary N) is 2. The van der Waals surface area contributed by atoms with Crippen molar-refractivity contribution in [1.29, 1.82) is 0 Å². The molecule has 1 aromatic rings. The molecule has 0 heterocycles. The zero-order valence-corrected chi connectivity index (χ0v) is 12.1. The van der Waals surface area contributed by atoms with Crippen molar-refractivity contribution >= 4 is 33.4 Å². The van der Waals surface area contributed by atoms with Gasteiger partial charge in [0.15, 0.2) is 0 Å². The molecule has 1 rings (SSSR count). The van der Waals surface area contributed by atoms with Gasteiger partial charge in [0.1, 0.15) is 0 Å². The Morgan fingerprint density at radius 1 is 1.22 bits per heavy atom. The number of rotatable bonds is 5. The molecule has 0 saturated heterocycles. The van der Waals surface area contributed by atoms with Crippen LogP contribution in [0.5, 0.6) is 0 Å². The molecular formula is C13H17BrN2O2. The highest BCUT2D eigenvalue weighted by atomic mass is 79.9. The molecular weight excluding hydrogens is 296 g/mol. The van der Waals surface area contributed by atoms with Gasteiger partial charge < -0.3 is 10.6 Å². The Kier molecular flexibility index (Phi) is 5.85. The van der Waals surface area contributed by atoms with Gasteiger partial charge in [-0.05, 0) is 34.0 Å². The fourth-order valence-corrected chi connectivity index (χ4v) is 1.76. The van der Waals surface area contributed by atoms with E-state index in [1.807, 2.05) is 32.0 Å². The lowest BCUT2D eigenvalue weighted by atomic mass is 10.1. The Hall–Kier alpha value is -1.36. The molecule has 0 fully saturated rings. The smallest absolute Gasteiger partial charge is 0.243 e. The summed E-state index contributed by atoms with van der Waals surface area (Å²) in [6.45, 7) is 3.91. The fraction of sp³-hybridized carbons (Fsp3) is 0.385. The van der Waals surface area contributed by atoms with Crippen LogP contribution in [0.4, 0.5) is 5.69 Å². The first-order valence-corrected chi connectivity index (χ1v) is 6.59. The molecule has 0 saturated carbocycles. The lowest BCUT2D eigenvalue weighted by molar-refractivity contribution is -0.124. The third-order valence-electron chi connectivity index (χ3n) is 2.19. The fourth-order valence-electron chi connectivity index (χ4n) is 1.38. The number of benzene rings is 1. The molecule has 0 aliphatic rings. The first-order valence-electron chi connectivity index (χ1n) is 5.80. The number of halogens is 1. The minimum Gasteiger partial charge on any atom is -0.347 e. The molecule has 5 heteroatoms. The molecule has 0 atom stereocenters. The molecule has 2 N–H and O–H groups in total. The Morgan fingerprint density at radius 2 is 1.89 bits per heavy atom.